The van der Waals surface area contributed by atoms with E-state index in [1.54, 1.807) is 12.4 Å². The number of carbonyl (C=O) groups is 1. The maximum atomic E-state index is 10.7. The van der Waals surface area contributed by atoms with Crippen LogP contribution in [0, 0.1) is 0 Å². The quantitative estimate of drug-likeness (QED) is 0.780. The predicted molar refractivity (Wildman–Crippen MR) is 54.3 cm³/mol. The molecule has 2 rings (SSSR count). The van der Waals surface area contributed by atoms with E-state index in [0.29, 0.717) is 11.5 Å². The molecule has 2 aromatic heterocycles. The SMILES string of the molecule is O=C(O)c1cncc(Nc2cncnc2)n1. The third-order valence-corrected chi connectivity index (χ3v) is 1.69. The summed E-state index contributed by atoms with van der Waals surface area (Å²) in [5.74, 6) is -0.796. The van der Waals surface area contributed by atoms with Gasteiger partial charge in [-0.05, 0) is 0 Å². The summed E-state index contributed by atoms with van der Waals surface area (Å²) >= 11 is 0. The molecule has 0 amide bonds. The van der Waals surface area contributed by atoms with E-state index in [9.17, 15) is 4.79 Å². The third-order valence-electron chi connectivity index (χ3n) is 1.69. The van der Waals surface area contributed by atoms with Crippen LogP contribution in [0.3, 0.4) is 0 Å². The molecule has 7 nitrogen and oxygen atoms in total. The number of carboxylic acid groups (broad SMARTS) is 1. The molecule has 0 unspecified atom stereocenters. The molecule has 0 saturated heterocycles. The van der Waals surface area contributed by atoms with E-state index >= 15 is 0 Å². The second-order valence-electron chi connectivity index (χ2n) is 2.85. The van der Waals surface area contributed by atoms with Gasteiger partial charge in [0.05, 0.1) is 30.5 Å². The van der Waals surface area contributed by atoms with E-state index in [1.807, 2.05) is 0 Å². The van der Waals surface area contributed by atoms with Crippen molar-refractivity contribution >= 4 is 17.5 Å². The molecule has 16 heavy (non-hydrogen) atoms. The molecule has 0 saturated carbocycles. The largest absolute Gasteiger partial charge is 0.476 e. The van der Waals surface area contributed by atoms with E-state index in [1.165, 1.54) is 18.7 Å². The van der Waals surface area contributed by atoms with Gasteiger partial charge < -0.3 is 10.4 Å². The van der Waals surface area contributed by atoms with Crippen molar-refractivity contribution in [1.29, 1.82) is 0 Å². The van der Waals surface area contributed by atoms with Crippen molar-refractivity contribution in [1.82, 2.24) is 19.9 Å². The first kappa shape index (κ1) is 9.97. The maximum absolute atomic E-state index is 10.7. The fourth-order valence-corrected chi connectivity index (χ4v) is 1.04. The van der Waals surface area contributed by atoms with Crippen molar-refractivity contribution < 1.29 is 9.90 Å². The lowest BCUT2D eigenvalue weighted by atomic mass is 10.4. The van der Waals surface area contributed by atoms with Crippen LogP contribution in [0.15, 0.2) is 31.1 Å². The molecular formula is C9H7N5O2. The van der Waals surface area contributed by atoms with Crippen LogP contribution >= 0.6 is 0 Å². The van der Waals surface area contributed by atoms with Crippen molar-refractivity contribution in [2.45, 2.75) is 0 Å². The number of carboxylic acids is 1. The number of nitrogens with one attached hydrogen (secondary N) is 1. The van der Waals surface area contributed by atoms with Crippen molar-refractivity contribution in [2.75, 3.05) is 5.32 Å². The fourth-order valence-electron chi connectivity index (χ4n) is 1.04. The van der Waals surface area contributed by atoms with Crippen LogP contribution in [0.1, 0.15) is 10.5 Å². The number of hydrogen-bond acceptors (Lipinski definition) is 6. The van der Waals surface area contributed by atoms with Gasteiger partial charge in [0.1, 0.15) is 12.1 Å². The minimum atomic E-state index is -1.12. The minimum absolute atomic E-state index is 0.123. The summed E-state index contributed by atoms with van der Waals surface area (Å²) < 4.78 is 0. The number of aromatic carboxylic acids is 1. The standard InChI is InChI=1S/C9H7N5O2/c15-9(16)7-3-10-4-8(14-7)13-6-1-11-5-12-2-6/h1-5H,(H,13,14)(H,15,16). The predicted octanol–water partition coefficient (Wildman–Crippen LogP) is 0.708. The number of anilines is 2. The number of nitrogens with zero attached hydrogens (tertiary/aromatic N) is 4. The summed E-state index contributed by atoms with van der Waals surface area (Å²) in [7, 11) is 0. The molecule has 80 valence electrons. The van der Waals surface area contributed by atoms with Crippen LogP contribution in [0.5, 0.6) is 0 Å². The lowest BCUT2D eigenvalue weighted by molar-refractivity contribution is 0.0690. The van der Waals surface area contributed by atoms with Gasteiger partial charge in [-0.3, -0.25) is 4.98 Å². The summed E-state index contributed by atoms with van der Waals surface area (Å²) in [6.45, 7) is 0. The molecule has 7 heteroatoms. The summed E-state index contributed by atoms with van der Waals surface area (Å²) in [5, 5.41) is 11.6. The highest BCUT2D eigenvalue weighted by Crippen LogP contribution is 2.10. The van der Waals surface area contributed by atoms with Gasteiger partial charge in [-0.25, -0.2) is 19.7 Å². The average molecular weight is 217 g/mol. The summed E-state index contributed by atoms with van der Waals surface area (Å²) in [5.41, 5.74) is 0.487. The molecular weight excluding hydrogens is 210 g/mol. The number of aromatic nitrogens is 4. The zero-order valence-electron chi connectivity index (χ0n) is 8.03. The first-order valence-corrected chi connectivity index (χ1v) is 4.33. The second-order valence-corrected chi connectivity index (χ2v) is 2.85. The van der Waals surface area contributed by atoms with Gasteiger partial charge in [0.2, 0.25) is 0 Å². The van der Waals surface area contributed by atoms with Gasteiger partial charge in [-0.2, -0.15) is 0 Å². The Morgan fingerprint density at radius 3 is 2.56 bits per heavy atom. The Hall–Kier alpha value is -2.57. The van der Waals surface area contributed by atoms with Crippen LogP contribution in [0.2, 0.25) is 0 Å². The molecule has 0 aromatic carbocycles. The molecule has 0 aliphatic carbocycles. The first-order chi connectivity index (χ1) is 7.75. The van der Waals surface area contributed by atoms with Crippen molar-refractivity contribution in [3.05, 3.63) is 36.8 Å². The summed E-state index contributed by atoms with van der Waals surface area (Å²) in [6, 6.07) is 0. The Labute approximate surface area is 90.2 Å². The van der Waals surface area contributed by atoms with E-state index in [4.69, 9.17) is 5.11 Å². The molecule has 2 heterocycles. The summed E-state index contributed by atoms with van der Waals surface area (Å²) in [6.07, 6.45) is 7.07. The molecule has 0 atom stereocenters. The van der Waals surface area contributed by atoms with Crippen molar-refractivity contribution in [2.24, 2.45) is 0 Å². The average Bonchev–Trinajstić information content (AvgIpc) is 2.30. The van der Waals surface area contributed by atoms with E-state index in [2.05, 4.69) is 25.3 Å². The van der Waals surface area contributed by atoms with Gasteiger partial charge in [0.25, 0.3) is 0 Å². The van der Waals surface area contributed by atoms with Crippen LogP contribution in [-0.4, -0.2) is 31.0 Å². The Balaban J connectivity index is 2.22. The van der Waals surface area contributed by atoms with Gasteiger partial charge in [0.15, 0.2) is 5.69 Å². The molecule has 0 fully saturated rings. The van der Waals surface area contributed by atoms with Crippen LogP contribution in [-0.2, 0) is 0 Å². The highest BCUT2D eigenvalue weighted by atomic mass is 16.4. The monoisotopic (exact) mass is 217 g/mol. The summed E-state index contributed by atoms with van der Waals surface area (Å²) in [4.78, 5) is 25.8. The molecule has 0 aliphatic rings. The van der Waals surface area contributed by atoms with Crippen molar-refractivity contribution in [3.63, 3.8) is 0 Å². The van der Waals surface area contributed by atoms with Crippen LogP contribution in [0.4, 0.5) is 11.5 Å². The topological polar surface area (TPSA) is 101 Å². The first-order valence-electron chi connectivity index (χ1n) is 4.33. The van der Waals surface area contributed by atoms with Gasteiger partial charge in [-0.1, -0.05) is 0 Å². The Morgan fingerprint density at radius 2 is 1.88 bits per heavy atom. The molecule has 0 aliphatic heterocycles. The minimum Gasteiger partial charge on any atom is -0.476 e. The highest BCUT2D eigenvalue weighted by molar-refractivity contribution is 5.85. The number of rotatable bonds is 3. The fraction of sp³-hybridized carbons (Fsp3) is 0. The van der Waals surface area contributed by atoms with Crippen LogP contribution < -0.4 is 5.32 Å². The zero-order chi connectivity index (χ0) is 11.4. The van der Waals surface area contributed by atoms with E-state index in [0.717, 1.165) is 0 Å². The van der Waals surface area contributed by atoms with Crippen molar-refractivity contribution in [3.8, 4) is 0 Å². The molecule has 2 N–H and O–H groups in total. The molecule has 0 bridgehead atoms. The Kier molecular flexibility index (Phi) is 2.68. The Morgan fingerprint density at radius 1 is 1.12 bits per heavy atom. The van der Waals surface area contributed by atoms with E-state index < -0.39 is 5.97 Å². The lowest BCUT2D eigenvalue weighted by Gasteiger charge is -2.03. The molecule has 0 spiro atoms. The Bertz CT molecular complexity index is 502. The number of hydrogen-bond donors (Lipinski definition) is 2. The second kappa shape index (κ2) is 4.30. The van der Waals surface area contributed by atoms with Gasteiger partial charge in [0, 0.05) is 0 Å². The smallest absolute Gasteiger partial charge is 0.356 e. The zero-order valence-corrected chi connectivity index (χ0v) is 8.03. The maximum Gasteiger partial charge on any atom is 0.356 e. The molecule has 2 aromatic rings. The highest BCUT2D eigenvalue weighted by Gasteiger charge is 2.06. The molecule has 0 radical (unpaired) electrons. The lowest BCUT2D eigenvalue weighted by Crippen LogP contribution is -2.04. The third kappa shape index (κ3) is 2.27. The van der Waals surface area contributed by atoms with Crippen LogP contribution in [0.25, 0.3) is 0 Å². The van der Waals surface area contributed by atoms with Gasteiger partial charge in [-0.15, -0.1) is 0 Å². The van der Waals surface area contributed by atoms with Gasteiger partial charge >= 0.3 is 5.97 Å². The normalized spacial score (nSPS) is 9.75. The van der Waals surface area contributed by atoms with E-state index in [-0.39, 0.29) is 5.69 Å².